The fraction of sp³-hybridized carbons (Fsp3) is 0.259. The highest BCUT2D eigenvalue weighted by Gasteiger charge is 2.35. The number of alkyl halides is 3. The zero-order chi connectivity index (χ0) is 28.7. The van der Waals surface area contributed by atoms with Gasteiger partial charge in [0.1, 0.15) is 17.9 Å². The van der Waals surface area contributed by atoms with E-state index in [-0.39, 0.29) is 17.0 Å². The molecule has 2 amide bonds. The van der Waals surface area contributed by atoms with Crippen LogP contribution in [0.5, 0.6) is 11.6 Å². The highest BCUT2D eigenvalue weighted by Crippen LogP contribution is 2.37. The number of aromatic carboxylic acids is 1. The first-order valence-electron chi connectivity index (χ1n) is 11.7. The minimum Gasteiger partial charge on any atom is -0.478 e. The van der Waals surface area contributed by atoms with Crippen LogP contribution >= 0.6 is 0 Å². The number of rotatable bonds is 10. The summed E-state index contributed by atoms with van der Waals surface area (Å²) in [6.07, 6.45) is -3.65. The number of amides is 2. The van der Waals surface area contributed by atoms with Crippen LogP contribution in [-0.4, -0.2) is 66.5 Å². The molecule has 1 aromatic heterocycles. The number of halogens is 3. The van der Waals surface area contributed by atoms with Gasteiger partial charge < -0.3 is 20.1 Å². The molecule has 0 bridgehead atoms. The molecule has 12 heteroatoms. The average Bonchev–Trinajstić information content (AvgIpc) is 2.87. The number of benzene rings is 2. The number of nitrogens with zero attached hydrogens (tertiary/aromatic N) is 3. The lowest BCUT2D eigenvalue weighted by Crippen LogP contribution is -2.43. The van der Waals surface area contributed by atoms with E-state index >= 15 is 0 Å². The van der Waals surface area contributed by atoms with Gasteiger partial charge in [-0.2, -0.15) is 13.2 Å². The van der Waals surface area contributed by atoms with Crippen molar-refractivity contribution in [2.24, 2.45) is 0 Å². The zero-order valence-corrected chi connectivity index (χ0v) is 21.5. The number of hydrogen-bond acceptors (Lipinski definition) is 6. The van der Waals surface area contributed by atoms with Gasteiger partial charge in [0.05, 0.1) is 11.3 Å². The third kappa shape index (κ3) is 7.77. The number of carboxylic acid groups (broad SMARTS) is 1. The van der Waals surface area contributed by atoms with Crippen LogP contribution < -0.4 is 15.0 Å². The molecule has 3 rings (SSSR count). The summed E-state index contributed by atoms with van der Waals surface area (Å²) in [5.74, 6) is -3.67. The summed E-state index contributed by atoms with van der Waals surface area (Å²) in [6.45, 7) is 2.16. The molecule has 0 radical (unpaired) electrons. The number of pyridine rings is 1. The highest BCUT2D eigenvalue weighted by molar-refractivity contribution is 6.11. The third-order valence-electron chi connectivity index (χ3n) is 5.51. The number of anilines is 1. The monoisotopic (exact) mass is 544 g/mol. The number of hydrogen-bond donors (Lipinski definition) is 2. The molecule has 2 N–H and O–H groups in total. The maximum Gasteiger partial charge on any atom is 0.421 e. The molecule has 0 saturated carbocycles. The molecule has 1 heterocycles. The molecule has 3 aromatic rings. The van der Waals surface area contributed by atoms with E-state index in [4.69, 9.17) is 4.74 Å². The van der Waals surface area contributed by atoms with E-state index in [0.29, 0.717) is 13.1 Å². The number of aromatic nitrogens is 1. The molecular weight excluding hydrogens is 517 g/mol. The Morgan fingerprint density at radius 1 is 1.05 bits per heavy atom. The predicted octanol–water partition coefficient (Wildman–Crippen LogP) is 4.22. The molecule has 206 valence electrons. The summed E-state index contributed by atoms with van der Waals surface area (Å²) in [6, 6.07) is 11.8. The van der Waals surface area contributed by atoms with Gasteiger partial charge in [0, 0.05) is 24.8 Å². The van der Waals surface area contributed by atoms with Crippen LogP contribution in [-0.2, 0) is 11.0 Å². The van der Waals surface area contributed by atoms with Gasteiger partial charge >= 0.3 is 12.1 Å². The number of carboxylic acids is 1. The van der Waals surface area contributed by atoms with E-state index in [2.05, 4.69) is 10.3 Å². The number of aryl methyl sites for hydroxylation is 1. The van der Waals surface area contributed by atoms with E-state index in [1.807, 2.05) is 25.9 Å². The highest BCUT2D eigenvalue weighted by atomic mass is 19.4. The Kier molecular flexibility index (Phi) is 9.25. The Hall–Kier alpha value is -4.45. The molecule has 0 fully saturated rings. The quantitative estimate of drug-likeness (QED) is 0.393. The van der Waals surface area contributed by atoms with E-state index in [9.17, 15) is 32.7 Å². The second kappa shape index (κ2) is 12.4. The van der Waals surface area contributed by atoms with Gasteiger partial charge in [0.15, 0.2) is 0 Å². The second-order valence-electron chi connectivity index (χ2n) is 8.85. The minimum atomic E-state index is -4.75. The maximum atomic E-state index is 13.5. The Bertz CT molecular complexity index is 1340. The zero-order valence-electron chi connectivity index (χ0n) is 21.5. The van der Waals surface area contributed by atoms with Crippen LogP contribution in [0.1, 0.15) is 31.8 Å². The maximum absolute atomic E-state index is 13.5. The average molecular weight is 545 g/mol. The Labute approximate surface area is 222 Å². The van der Waals surface area contributed by atoms with E-state index in [1.165, 1.54) is 12.1 Å². The summed E-state index contributed by atoms with van der Waals surface area (Å²) in [7, 11) is 3.65. The van der Waals surface area contributed by atoms with Crippen molar-refractivity contribution in [1.29, 1.82) is 0 Å². The standard InChI is InChI=1S/C27H27F3N4O5/c1-17-6-8-18(9-7-17)25(36)34(16-23(35)31-13-14-33(2)3)22-11-10-19(15-20(22)26(37)38)39-24-21(27(28,29)30)5-4-12-32-24/h4-12,15H,13-14,16H2,1-3H3,(H,31,35)(H,37,38). The molecule has 0 aliphatic rings. The van der Waals surface area contributed by atoms with Crippen molar-refractivity contribution < 1.29 is 37.4 Å². The number of ether oxygens (including phenoxy) is 1. The normalized spacial score (nSPS) is 11.3. The van der Waals surface area contributed by atoms with Crippen LogP contribution in [0.4, 0.5) is 18.9 Å². The number of nitrogens with one attached hydrogen (secondary N) is 1. The Morgan fingerprint density at radius 2 is 1.74 bits per heavy atom. The third-order valence-corrected chi connectivity index (χ3v) is 5.51. The van der Waals surface area contributed by atoms with Gasteiger partial charge in [0.25, 0.3) is 5.91 Å². The molecule has 0 unspecified atom stereocenters. The summed E-state index contributed by atoms with van der Waals surface area (Å²) in [5, 5.41) is 12.6. The summed E-state index contributed by atoms with van der Waals surface area (Å²) >= 11 is 0. The molecule has 39 heavy (non-hydrogen) atoms. The van der Waals surface area contributed by atoms with Crippen molar-refractivity contribution in [3.63, 3.8) is 0 Å². The van der Waals surface area contributed by atoms with Gasteiger partial charge in [-0.3, -0.25) is 14.5 Å². The van der Waals surface area contributed by atoms with Crippen LogP contribution in [0, 0.1) is 6.92 Å². The van der Waals surface area contributed by atoms with Crippen LogP contribution in [0.2, 0.25) is 0 Å². The van der Waals surface area contributed by atoms with Crippen molar-refractivity contribution in [3.05, 3.63) is 83.0 Å². The molecule has 0 saturated heterocycles. The lowest BCUT2D eigenvalue weighted by atomic mass is 10.1. The van der Waals surface area contributed by atoms with Gasteiger partial charge in [-0.25, -0.2) is 9.78 Å². The van der Waals surface area contributed by atoms with E-state index in [1.54, 1.807) is 24.3 Å². The molecule has 0 aliphatic carbocycles. The Balaban J connectivity index is 2.00. The summed E-state index contributed by atoms with van der Waals surface area (Å²) in [5.41, 5.74) is -0.642. The molecule has 9 nitrogen and oxygen atoms in total. The van der Waals surface area contributed by atoms with Gasteiger partial charge in [0.2, 0.25) is 11.8 Å². The van der Waals surface area contributed by atoms with Gasteiger partial charge in [-0.1, -0.05) is 17.7 Å². The second-order valence-corrected chi connectivity index (χ2v) is 8.85. The van der Waals surface area contributed by atoms with Crippen molar-refractivity contribution in [1.82, 2.24) is 15.2 Å². The van der Waals surface area contributed by atoms with Gasteiger partial charge in [-0.15, -0.1) is 0 Å². The predicted molar refractivity (Wildman–Crippen MR) is 137 cm³/mol. The summed E-state index contributed by atoms with van der Waals surface area (Å²) < 4.78 is 45.4. The fourth-order valence-corrected chi connectivity index (χ4v) is 3.52. The van der Waals surface area contributed by atoms with Gasteiger partial charge in [-0.05, 0) is 63.5 Å². The van der Waals surface area contributed by atoms with Crippen LogP contribution in [0.3, 0.4) is 0 Å². The van der Waals surface area contributed by atoms with E-state index < -0.39 is 47.5 Å². The van der Waals surface area contributed by atoms with Crippen molar-refractivity contribution in [2.75, 3.05) is 38.6 Å². The lowest BCUT2D eigenvalue weighted by Gasteiger charge is -2.25. The molecule has 0 spiro atoms. The lowest BCUT2D eigenvalue weighted by molar-refractivity contribution is -0.138. The van der Waals surface area contributed by atoms with Crippen molar-refractivity contribution in [3.8, 4) is 11.6 Å². The van der Waals surface area contributed by atoms with Crippen molar-refractivity contribution in [2.45, 2.75) is 13.1 Å². The number of carbonyl (C=O) groups is 3. The summed E-state index contributed by atoms with van der Waals surface area (Å²) in [4.78, 5) is 44.8. The first-order chi connectivity index (χ1) is 18.4. The molecular formula is C27H27F3N4O5. The van der Waals surface area contributed by atoms with Crippen LogP contribution in [0.25, 0.3) is 0 Å². The molecule has 0 aliphatic heterocycles. The minimum absolute atomic E-state index is 0.139. The topological polar surface area (TPSA) is 112 Å². The molecule has 0 atom stereocenters. The first kappa shape index (κ1) is 29.1. The first-order valence-corrected chi connectivity index (χ1v) is 11.7. The Morgan fingerprint density at radius 3 is 2.36 bits per heavy atom. The largest absolute Gasteiger partial charge is 0.478 e. The number of likely N-dealkylation sites (N-methyl/N-ethyl adjacent to an activating group) is 1. The SMILES string of the molecule is Cc1ccc(C(=O)N(CC(=O)NCCN(C)C)c2ccc(Oc3ncccc3C(F)(F)F)cc2C(=O)O)cc1. The smallest absolute Gasteiger partial charge is 0.421 e. The van der Waals surface area contributed by atoms with Crippen molar-refractivity contribution >= 4 is 23.5 Å². The molecule has 2 aromatic carbocycles. The van der Waals surface area contributed by atoms with E-state index in [0.717, 1.165) is 34.9 Å². The fourth-order valence-electron chi connectivity index (χ4n) is 3.52. The number of carbonyl (C=O) groups excluding carboxylic acids is 2. The van der Waals surface area contributed by atoms with Crippen LogP contribution in [0.15, 0.2) is 60.8 Å².